The predicted molar refractivity (Wildman–Crippen MR) is 87.3 cm³/mol. The minimum atomic E-state index is -0.867. The number of nitrogens with two attached hydrogens (primary N) is 1. The van der Waals surface area contributed by atoms with E-state index in [9.17, 15) is 9.59 Å². The van der Waals surface area contributed by atoms with E-state index in [2.05, 4.69) is 12.2 Å². The quantitative estimate of drug-likeness (QED) is 0.809. The topological polar surface area (TPSA) is 75.4 Å². The molecule has 2 atom stereocenters. The number of halogens is 1. The van der Waals surface area contributed by atoms with Gasteiger partial charge in [0.15, 0.2) is 0 Å². The molecule has 0 aliphatic carbocycles. The van der Waals surface area contributed by atoms with Gasteiger partial charge in [-0.1, -0.05) is 13.3 Å². The van der Waals surface area contributed by atoms with Crippen LogP contribution < -0.4 is 11.1 Å². The highest BCUT2D eigenvalue weighted by molar-refractivity contribution is 5.86. The van der Waals surface area contributed by atoms with Crippen molar-refractivity contribution in [3.63, 3.8) is 0 Å². The summed E-state index contributed by atoms with van der Waals surface area (Å²) in [5.74, 6) is -0.107. The van der Waals surface area contributed by atoms with Gasteiger partial charge in [-0.15, -0.1) is 12.4 Å². The van der Waals surface area contributed by atoms with Crippen LogP contribution in [0.25, 0.3) is 0 Å². The first-order chi connectivity index (χ1) is 9.25. The third-order valence-corrected chi connectivity index (χ3v) is 3.74. The number of rotatable bonds is 5. The average Bonchev–Trinajstić information content (AvgIpc) is 2.37. The maximum absolute atomic E-state index is 12.2. The van der Waals surface area contributed by atoms with Gasteiger partial charge >= 0.3 is 0 Å². The summed E-state index contributed by atoms with van der Waals surface area (Å²) < 4.78 is 0. The summed E-state index contributed by atoms with van der Waals surface area (Å²) >= 11 is 0. The maximum atomic E-state index is 12.2. The molecule has 124 valence electrons. The lowest BCUT2D eigenvalue weighted by atomic mass is 9.94. The fourth-order valence-corrected chi connectivity index (χ4v) is 2.65. The first-order valence-electron chi connectivity index (χ1n) is 7.64. The zero-order valence-electron chi connectivity index (χ0n) is 13.6. The molecule has 0 radical (unpaired) electrons. The highest BCUT2D eigenvalue weighted by Gasteiger charge is 2.33. The van der Waals surface area contributed by atoms with Crippen LogP contribution in [-0.4, -0.2) is 41.4 Å². The first-order valence-corrected chi connectivity index (χ1v) is 7.64. The van der Waals surface area contributed by atoms with Crippen molar-refractivity contribution in [1.82, 2.24) is 10.2 Å². The summed E-state index contributed by atoms with van der Waals surface area (Å²) in [4.78, 5) is 26.1. The van der Waals surface area contributed by atoms with E-state index >= 15 is 0 Å². The van der Waals surface area contributed by atoms with E-state index in [1.165, 1.54) is 0 Å². The van der Waals surface area contributed by atoms with Crippen LogP contribution in [0.1, 0.15) is 53.4 Å². The lowest BCUT2D eigenvalue weighted by molar-refractivity contribution is -0.139. The molecule has 6 heteroatoms. The number of nitrogens with zero attached hydrogens (tertiary/aromatic N) is 1. The second kappa shape index (κ2) is 8.59. The Bertz CT molecular complexity index is 355. The Labute approximate surface area is 134 Å². The molecule has 0 bridgehead atoms. The van der Waals surface area contributed by atoms with Gasteiger partial charge in [-0.3, -0.25) is 9.59 Å². The van der Waals surface area contributed by atoms with Gasteiger partial charge < -0.3 is 16.0 Å². The van der Waals surface area contributed by atoms with E-state index in [1.54, 1.807) is 18.7 Å². The molecule has 21 heavy (non-hydrogen) atoms. The van der Waals surface area contributed by atoms with Crippen LogP contribution >= 0.6 is 12.4 Å². The Hall–Kier alpha value is -0.810. The molecule has 1 aliphatic heterocycles. The lowest BCUT2D eigenvalue weighted by Crippen LogP contribution is -2.55. The number of likely N-dealkylation sites (tertiary alicyclic amines) is 1. The Morgan fingerprint density at radius 2 is 2.05 bits per heavy atom. The Morgan fingerprint density at radius 1 is 1.43 bits per heavy atom. The Morgan fingerprint density at radius 3 is 2.57 bits per heavy atom. The number of amides is 2. The molecule has 1 rings (SSSR count). The second-order valence-corrected chi connectivity index (χ2v) is 6.51. The summed E-state index contributed by atoms with van der Waals surface area (Å²) in [5.41, 5.74) is 4.99. The summed E-state index contributed by atoms with van der Waals surface area (Å²) in [6.07, 6.45) is 3.75. The molecule has 1 aliphatic rings. The van der Waals surface area contributed by atoms with Crippen molar-refractivity contribution in [2.45, 2.75) is 65.0 Å². The van der Waals surface area contributed by atoms with Gasteiger partial charge in [0.05, 0.1) is 11.5 Å². The molecule has 0 saturated carbocycles. The molecular weight excluding hydrogens is 290 g/mol. The van der Waals surface area contributed by atoms with Crippen molar-refractivity contribution in [3.05, 3.63) is 0 Å². The number of hydrogen-bond donors (Lipinski definition) is 2. The number of nitrogens with one attached hydrogen (secondary N) is 1. The van der Waals surface area contributed by atoms with E-state index < -0.39 is 5.54 Å². The first kappa shape index (κ1) is 20.2. The monoisotopic (exact) mass is 319 g/mol. The SMILES string of the molecule is CCCC(C)NC(=O)C1CCCN(C(=O)C(C)(C)N)C1.Cl. The van der Waals surface area contributed by atoms with Gasteiger partial charge in [0.25, 0.3) is 0 Å². The molecule has 3 N–H and O–H groups in total. The normalized spacial score (nSPS) is 20.4. The molecule has 1 saturated heterocycles. The van der Waals surface area contributed by atoms with E-state index in [0.717, 1.165) is 25.7 Å². The molecule has 5 nitrogen and oxygen atoms in total. The number of piperidine rings is 1. The molecule has 1 fully saturated rings. The van der Waals surface area contributed by atoms with Crippen LogP contribution in [0.2, 0.25) is 0 Å². The van der Waals surface area contributed by atoms with E-state index in [-0.39, 0.29) is 36.2 Å². The van der Waals surface area contributed by atoms with Gasteiger partial charge in [0, 0.05) is 19.1 Å². The zero-order valence-corrected chi connectivity index (χ0v) is 14.5. The predicted octanol–water partition coefficient (Wildman–Crippen LogP) is 1.69. The summed E-state index contributed by atoms with van der Waals surface area (Å²) in [7, 11) is 0. The lowest BCUT2D eigenvalue weighted by Gasteiger charge is -2.36. The molecular formula is C15H30ClN3O2. The smallest absolute Gasteiger partial charge is 0.242 e. The molecule has 0 aromatic heterocycles. The van der Waals surface area contributed by atoms with Crippen LogP contribution in [0, 0.1) is 5.92 Å². The van der Waals surface area contributed by atoms with Crippen molar-refractivity contribution in [2.75, 3.05) is 13.1 Å². The fourth-order valence-electron chi connectivity index (χ4n) is 2.65. The Balaban J connectivity index is 0.00000400. The van der Waals surface area contributed by atoms with Gasteiger partial charge in [-0.05, 0) is 40.0 Å². The highest BCUT2D eigenvalue weighted by atomic mass is 35.5. The minimum absolute atomic E-state index is 0. The summed E-state index contributed by atoms with van der Waals surface area (Å²) in [5, 5.41) is 3.04. The molecule has 0 aromatic rings. The van der Waals surface area contributed by atoms with E-state index in [0.29, 0.717) is 13.1 Å². The van der Waals surface area contributed by atoms with Crippen molar-refractivity contribution in [3.8, 4) is 0 Å². The number of hydrogen-bond acceptors (Lipinski definition) is 3. The standard InChI is InChI=1S/C15H29N3O2.ClH/c1-5-7-11(2)17-13(19)12-8-6-9-18(10-12)14(20)15(3,4)16;/h11-12H,5-10,16H2,1-4H3,(H,17,19);1H. The van der Waals surface area contributed by atoms with Crippen molar-refractivity contribution >= 4 is 24.2 Å². The van der Waals surface area contributed by atoms with Crippen LogP contribution in [0.3, 0.4) is 0 Å². The molecule has 0 aromatic carbocycles. The summed E-state index contributed by atoms with van der Waals surface area (Å²) in [6, 6.07) is 0.199. The largest absolute Gasteiger partial charge is 0.353 e. The van der Waals surface area contributed by atoms with E-state index in [1.807, 2.05) is 6.92 Å². The maximum Gasteiger partial charge on any atom is 0.242 e. The third-order valence-electron chi connectivity index (χ3n) is 3.74. The summed E-state index contributed by atoms with van der Waals surface area (Å²) in [6.45, 7) is 8.74. The van der Waals surface area contributed by atoms with Gasteiger partial charge in [-0.25, -0.2) is 0 Å². The number of carbonyl (C=O) groups excluding carboxylic acids is 2. The Kier molecular flexibility index (Phi) is 8.26. The van der Waals surface area contributed by atoms with Gasteiger partial charge in [0.2, 0.25) is 11.8 Å². The fraction of sp³-hybridized carbons (Fsp3) is 0.867. The van der Waals surface area contributed by atoms with Crippen molar-refractivity contribution in [1.29, 1.82) is 0 Å². The van der Waals surface area contributed by atoms with Gasteiger partial charge in [-0.2, -0.15) is 0 Å². The minimum Gasteiger partial charge on any atom is -0.353 e. The molecule has 2 unspecified atom stereocenters. The van der Waals surface area contributed by atoms with Crippen molar-refractivity contribution < 1.29 is 9.59 Å². The number of carbonyl (C=O) groups is 2. The average molecular weight is 320 g/mol. The van der Waals surface area contributed by atoms with Crippen LogP contribution in [0.15, 0.2) is 0 Å². The van der Waals surface area contributed by atoms with Gasteiger partial charge in [0.1, 0.15) is 0 Å². The molecule has 0 spiro atoms. The molecule has 2 amide bonds. The molecule has 1 heterocycles. The second-order valence-electron chi connectivity index (χ2n) is 6.51. The van der Waals surface area contributed by atoms with Crippen LogP contribution in [-0.2, 0) is 9.59 Å². The van der Waals surface area contributed by atoms with E-state index in [4.69, 9.17) is 5.73 Å². The van der Waals surface area contributed by atoms with Crippen LogP contribution in [0.4, 0.5) is 0 Å². The van der Waals surface area contributed by atoms with Crippen LogP contribution in [0.5, 0.6) is 0 Å². The zero-order chi connectivity index (χ0) is 15.3. The third kappa shape index (κ3) is 6.22. The highest BCUT2D eigenvalue weighted by Crippen LogP contribution is 2.19. The van der Waals surface area contributed by atoms with Crippen molar-refractivity contribution in [2.24, 2.45) is 11.7 Å².